The van der Waals surface area contributed by atoms with E-state index in [9.17, 15) is 8.42 Å². The van der Waals surface area contributed by atoms with E-state index >= 15 is 0 Å². The van der Waals surface area contributed by atoms with Crippen LogP contribution >= 0.6 is 24.0 Å². The summed E-state index contributed by atoms with van der Waals surface area (Å²) in [6.07, 6.45) is 3.25. The van der Waals surface area contributed by atoms with Gasteiger partial charge in [-0.05, 0) is 39.3 Å². The maximum Gasteiger partial charge on any atom is 0.213 e. The van der Waals surface area contributed by atoms with E-state index in [2.05, 4.69) is 27.4 Å². The molecule has 0 bridgehead atoms. The van der Waals surface area contributed by atoms with Crippen molar-refractivity contribution in [3.05, 3.63) is 0 Å². The van der Waals surface area contributed by atoms with Gasteiger partial charge in [0.15, 0.2) is 5.96 Å². The number of rotatable bonds is 9. The minimum atomic E-state index is -3.08. The van der Waals surface area contributed by atoms with E-state index in [4.69, 9.17) is 0 Å². The number of guanidine groups is 1. The smallest absolute Gasteiger partial charge is 0.213 e. The van der Waals surface area contributed by atoms with Crippen molar-refractivity contribution < 1.29 is 8.42 Å². The van der Waals surface area contributed by atoms with Gasteiger partial charge in [0.2, 0.25) is 10.0 Å². The van der Waals surface area contributed by atoms with E-state index < -0.39 is 10.0 Å². The summed E-state index contributed by atoms with van der Waals surface area (Å²) < 4.78 is 24.7. The second-order valence-corrected chi connectivity index (χ2v) is 8.24. The minimum absolute atomic E-state index is 0. The number of halogens is 1. The molecule has 9 heteroatoms. The van der Waals surface area contributed by atoms with Crippen LogP contribution in [0.25, 0.3) is 0 Å². The predicted molar refractivity (Wildman–Crippen MR) is 112 cm³/mol. The van der Waals surface area contributed by atoms with Crippen molar-refractivity contribution in [2.45, 2.75) is 39.2 Å². The Labute approximate surface area is 164 Å². The molecule has 144 valence electrons. The van der Waals surface area contributed by atoms with E-state index in [1.165, 1.54) is 23.7 Å². The van der Waals surface area contributed by atoms with Gasteiger partial charge in [-0.3, -0.25) is 9.89 Å². The van der Waals surface area contributed by atoms with Gasteiger partial charge in [-0.25, -0.2) is 12.7 Å². The summed E-state index contributed by atoms with van der Waals surface area (Å²) in [5, 5.41) is 6.62. The number of likely N-dealkylation sites (N-methyl/N-ethyl adjacent to an activating group) is 1. The minimum Gasteiger partial charge on any atom is -0.356 e. The van der Waals surface area contributed by atoms with E-state index in [0.717, 1.165) is 25.5 Å². The number of hydrogen-bond donors (Lipinski definition) is 2. The van der Waals surface area contributed by atoms with Crippen LogP contribution in [0.3, 0.4) is 0 Å². The Morgan fingerprint density at radius 2 is 2.04 bits per heavy atom. The zero-order valence-corrected chi connectivity index (χ0v) is 18.6. The molecule has 0 aliphatic carbocycles. The predicted octanol–water partition coefficient (Wildman–Crippen LogP) is 0.925. The van der Waals surface area contributed by atoms with Crippen molar-refractivity contribution in [2.75, 3.05) is 52.6 Å². The van der Waals surface area contributed by atoms with Gasteiger partial charge in [-0.1, -0.05) is 6.92 Å². The number of nitrogens with one attached hydrogen (secondary N) is 2. The Morgan fingerprint density at radius 1 is 1.33 bits per heavy atom. The van der Waals surface area contributed by atoms with E-state index in [1.54, 1.807) is 21.0 Å². The molecule has 0 spiro atoms. The van der Waals surface area contributed by atoms with Gasteiger partial charge in [-0.15, -0.1) is 24.0 Å². The van der Waals surface area contributed by atoms with Crippen molar-refractivity contribution in [3.8, 4) is 0 Å². The van der Waals surface area contributed by atoms with E-state index in [-0.39, 0.29) is 29.7 Å². The Hall–Kier alpha value is -0.130. The topological polar surface area (TPSA) is 77.0 Å². The molecule has 2 N–H and O–H groups in total. The lowest BCUT2D eigenvalue weighted by Crippen LogP contribution is -2.45. The normalized spacial score (nSPS) is 19.4. The van der Waals surface area contributed by atoms with Crippen LogP contribution in [0.15, 0.2) is 4.99 Å². The highest BCUT2D eigenvalue weighted by molar-refractivity contribution is 14.0. The van der Waals surface area contributed by atoms with Gasteiger partial charge < -0.3 is 10.6 Å². The van der Waals surface area contributed by atoms with Crippen LogP contribution in [0.1, 0.15) is 33.1 Å². The molecule has 7 nitrogen and oxygen atoms in total. The summed E-state index contributed by atoms with van der Waals surface area (Å²) in [6.45, 7) is 8.27. The van der Waals surface area contributed by atoms with Gasteiger partial charge in [-0.2, -0.15) is 0 Å². The molecule has 1 fully saturated rings. The fourth-order valence-electron chi connectivity index (χ4n) is 2.85. The lowest BCUT2D eigenvalue weighted by Gasteiger charge is -2.24. The molecule has 0 amide bonds. The molecule has 0 radical (unpaired) electrons. The fourth-order valence-corrected chi connectivity index (χ4v) is 3.69. The first-order valence-corrected chi connectivity index (χ1v) is 10.2. The monoisotopic (exact) mass is 475 g/mol. The van der Waals surface area contributed by atoms with Gasteiger partial charge in [0.05, 0.1) is 5.75 Å². The molecule has 1 saturated heterocycles. The van der Waals surface area contributed by atoms with Gasteiger partial charge in [0, 0.05) is 39.8 Å². The van der Waals surface area contributed by atoms with Gasteiger partial charge in [0.1, 0.15) is 0 Å². The molecule has 1 unspecified atom stereocenters. The number of likely N-dealkylation sites (tertiary alicyclic amines) is 1. The SMILES string of the molecule is CCN1CCCC1CNC(=NC)NCCCN(C)S(=O)(=O)CC.I. The number of nitrogens with zero attached hydrogens (tertiary/aromatic N) is 3. The first-order chi connectivity index (χ1) is 10.9. The Morgan fingerprint density at radius 3 is 2.62 bits per heavy atom. The molecule has 24 heavy (non-hydrogen) atoms. The van der Waals surface area contributed by atoms with Crippen molar-refractivity contribution in [1.29, 1.82) is 0 Å². The van der Waals surface area contributed by atoms with Gasteiger partial charge in [0.25, 0.3) is 0 Å². The lowest BCUT2D eigenvalue weighted by molar-refractivity contribution is 0.267. The Kier molecular flexibility index (Phi) is 12.2. The Balaban J connectivity index is 0.00000529. The standard InChI is InChI=1S/C15H33N5O2S.HI/c1-5-20-12-7-9-14(20)13-18-15(16-3)17-10-8-11-19(4)23(21,22)6-2;/h14H,5-13H2,1-4H3,(H2,16,17,18);1H. The van der Waals surface area contributed by atoms with Crippen LogP contribution in [0, 0.1) is 0 Å². The Bertz CT molecular complexity index is 472. The third kappa shape index (κ3) is 7.83. The first-order valence-electron chi connectivity index (χ1n) is 8.57. The highest BCUT2D eigenvalue weighted by Gasteiger charge is 2.22. The van der Waals surface area contributed by atoms with Crippen LogP contribution in [-0.4, -0.2) is 82.2 Å². The average Bonchev–Trinajstić information content (AvgIpc) is 3.01. The molecule has 0 saturated carbocycles. The van der Waals surface area contributed by atoms with Gasteiger partial charge >= 0.3 is 0 Å². The molecular formula is C15H34IN5O2S. The highest BCUT2D eigenvalue weighted by Crippen LogP contribution is 2.15. The second kappa shape index (κ2) is 12.3. The average molecular weight is 475 g/mol. The molecule has 1 heterocycles. The number of aliphatic imine (C=N–C) groups is 1. The van der Waals surface area contributed by atoms with E-state index in [0.29, 0.717) is 19.1 Å². The fraction of sp³-hybridized carbons (Fsp3) is 0.933. The maximum absolute atomic E-state index is 11.7. The van der Waals surface area contributed by atoms with Crippen molar-refractivity contribution in [1.82, 2.24) is 19.8 Å². The third-order valence-electron chi connectivity index (χ3n) is 4.42. The lowest BCUT2D eigenvalue weighted by atomic mass is 10.2. The van der Waals surface area contributed by atoms with Crippen molar-refractivity contribution >= 4 is 40.0 Å². The van der Waals surface area contributed by atoms with Crippen LogP contribution in [-0.2, 0) is 10.0 Å². The highest BCUT2D eigenvalue weighted by atomic mass is 127. The molecule has 0 aromatic carbocycles. The molecule has 1 aliphatic rings. The molecule has 1 rings (SSSR count). The summed E-state index contributed by atoms with van der Waals surface area (Å²) in [4.78, 5) is 6.72. The quantitative estimate of drug-likeness (QED) is 0.225. The molecule has 1 atom stereocenters. The summed E-state index contributed by atoms with van der Waals surface area (Å²) in [5.74, 6) is 0.934. The van der Waals surface area contributed by atoms with Crippen molar-refractivity contribution in [2.24, 2.45) is 4.99 Å². The summed E-state index contributed by atoms with van der Waals surface area (Å²) in [5.41, 5.74) is 0. The van der Waals surface area contributed by atoms with Crippen LogP contribution in [0.5, 0.6) is 0 Å². The number of sulfonamides is 1. The molecule has 1 aliphatic heterocycles. The first kappa shape index (κ1) is 23.9. The summed E-state index contributed by atoms with van der Waals surface area (Å²) in [6, 6.07) is 0.583. The second-order valence-electron chi connectivity index (χ2n) is 5.88. The van der Waals surface area contributed by atoms with Crippen LogP contribution < -0.4 is 10.6 Å². The largest absolute Gasteiger partial charge is 0.356 e. The zero-order valence-electron chi connectivity index (χ0n) is 15.4. The van der Waals surface area contributed by atoms with Crippen LogP contribution in [0.2, 0.25) is 0 Å². The van der Waals surface area contributed by atoms with Crippen molar-refractivity contribution in [3.63, 3.8) is 0 Å². The number of hydrogen-bond acceptors (Lipinski definition) is 4. The molecular weight excluding hydrogens is 441 g/mol. The third-order valence-corrected chi connectivity index (χ3v) is 6.28. The summed E-state index contributed by atoms with van der Waals surface area (Å²) >= 11 is 0. The van der Waals surface area contributed by atoms with E-state index in [1.807, 2.05) is 0 Å². The summed E-state index contributed by atoms with van der Waals surface area (Å²) in [7, 11) is 0.309. The molecule has 0 aromatic heterocycles. The van der Waals surface area contributed by atoms with Crippen LogP contribution in [0.4, 0.5) is 0 Å². The molecule has 0 aromatic rings. The zero-order chi connectivity index (χ0) is 17.3. The maximum atomic E-state index is 11.7.